The second-order valence-electron chi connectivity index (χ2n) is 5.59. The van der Waals surface area contributed by atoms with Crippen LogP contribution < -0.4 is 5.32 Å². The summed E-state index contributed by atoms with van der Waals surface area (Å²) < 4.78 is 5.57. The largest absolute Gasteiger partial charge is 0.464 e. The predicted molar refractivity (Wildman–Crippen MR) is 77.4 cm³/mol. The van der Waals surface area contributed by atoms with E-state index in [0.29, 0.717) is 0 Å². The zero-order valence-electron chi connectivity index (χ0n) is 11.8. The molecule has 0 spiro atoms. The fraction of sp³-hybridized carbons (Fsp3) is 0.353. The maximum atomic E-state index is 12.6. The summed E-state index contributed by atoms with van der Waals surface area (Å²) in [6.07, 6.45) is 1.85. The number of carbonyl (C=O) groups excluding carboxylic acids is 1. The monoisotopic (exact) mass is 269 g/mol. The van der Waals surface area contributed by atoms with Crippen molar-refractivity contribution in [3.8, 4) is 0 Å². The van der Waals surface area contributed by atoms with Gasteiger partial charge < -0.3 is 9.73 Å². The minimum Gasteiger partial charge on any atom is -0.464 e. The van der Waals surface area contributed by atoms with Crippen molar-refractivity contribution in [1.82, 2.24) is 5.32 Å². The van der Waals surface area contributed by atoms with E-state index in [4.69, 9.17) is 4.42 Å². The third kappa shape index (κ3) is 2.24. The van der Waals surface area contributed by atoms with E-state index in [0.717, 1.165) is 29.9 Å². The standard InChI is InChI=1S/C17H19NO2/c1-12-8-9-15(20-12)13(2)18-16(19)17(10-11-17)14-6-4-3-5-7-14/h3-9,13H,10-11H2,1-2H3,(H,18,19). The van der Waals surface area contributed by atoms with Gasteiger partial charge in [0, 0.05) is 0 Å². The van der Waals surface area contributed by atoms with E-state index in [-0.39, 0.29) is 17.4 Å². The van der Waals surface area contributed by atoms with Crippen molar-refractivity contribution in [2.45, 2.75) is 38.1 Å². The van der Waals surface area contributed by atoms with Gasteiger partial charge in [-0.3, -0.25) is 4.79 Å². The summed E-state index contributed by atoms with van der Waals surface area (Å²) in [7, 11) is 0. The van der Waals surface area contributed by atoms with Gasteiger partial charge in [0.1, 0.15) is 11.5 Å². The molecule has 20 heavy (non-hydrogen) atoms. The SMILES string of the molecule is Cc1ccc(C(C)NC(=O)C2(c3ccccc3)CC2)o1. The average Bonchev–Trinajstić information content (AvgIpc) is 3.16. The number of amides is 1. The van der Waals surface area contributed by atoms with Crippen LogP contribution in [0.4, 0.5) is 0 Å². The highest BCUT2D eigenvalue weighted by Crippen LogP contribution is 2.48. The Bertz CT molecular complexity index is 611. The van der Waals surface area contributed by atoms with Crippen LogP contribution in [0, 0.1) is 6.92 Å². The number of hydrogen-bond donors (Lipinski definition) is 1. The first kappa shape index (κ1) is 13.0. The third-order valence-electron chi connectivity index (χ3n) is 4.05. The topological polar surface area (TPSA) is 42.2 Å². The van der Waals surface area contributed by atoms with Crippen LogP contribution in [-0.2, 0) is 10.2 Å². The van der Waals surface area contributed by atoms with E-state index >= 15 is 0 Å². The number of benzene rings is 1. The molecule has 104 valence electrons. The zero-order valence-corrected chi connectivity index (χ0v) is 11.8. The molecule has 0 bridgehead atoms. The second-order valence-corrected chi connectivity index (χ2v) is 5.59. The van der Waals surface area contributed by atoms with Crippen molar-refractivity contribution in [1.29, 1.82) is 0 Å². The molecular formula is C17H19NO2. The van der Waals surface area contributed by atoms with E-state index in [1.807, 2.05) is 56.3 Å². The lowest BCUT2D eigenvalue weighted by Gasteiger charge is -2.19. The summed E-state index contributed by atoms with van der Waals surface area (Å²) in [6, 6.07) is 13.8. The first-order valence-corrected chi connectivity index (χ1v) is 7.05. The van der Waals surface area contributed by atoms with E-state index in [2.05, 4.69) is 5.32 Å². The summed E-state index contributed by atoms with van der Waals surface area (Å²) in [5.74, 6) is 1.77. The number of furan rings is 1. The Balaban J connectivity index is 1.74. The van der Waals surface area contributed by atoms with Gasteiger partial charge in [-0.25, -0.2) is 0 Å². The van der Waals surface area contributed by atoms with Gasteiger partial charge in [-0.1, -0.05) is 30.3 Å². The van der Waals surface area contributed by atoms with Crippen LogP contribution in [0.25, 0.3) is 0 Å². The maximum absolute atomic E-state index is 12.6. The van der Waals surface area contributed by atoms with Gasteiger partial charge in [-0.15, -0.1) is 0 Å². The molecule has 1 heterocycles. The molecule has 2 aromatic rings. The van der Waals surface area contributed by atoms with Gasteiger partial charge in [0.05, 0.1) is 11.5 Å². The van der Waals surface area contributed by atoms with Crippen molar-refractivity contribution in [2.75, 3.05) is 0 Å². The predicted octanol–water partition coefficient (Wildman–Crippen LogP) is 3.50. The number of nitrogens with one attached hydrogen (secondary N) is 1. The Hall–Kier alpha value is -2.03. The Morgan fingerprint density at radius 2 is 1.90 bits per heavy atom. The highest BCUT2D eigenvalue weighted by atomic mass is 16.3. The van der Waals surface area contributed by atoms with Crippen LogP contribution in [-0.4, -0.2) is 5.91 Å². The average molecular weight is 269 g/mol. The molecule has 3 nitrogen and oxygen atoms in total. The minimum atomic E-state index is -0.322. The van der Waals surface area contributed by atoms with Crippen LogP contribution in [0.15, 0.2) is 46.9 Å². The molecule has 0 radical (unpaired) electrons. The summed E-state index contributed by atoms with van der Waals surface area (Å²) in [6.45, 7) is 3.86. The molecule has 1 aromatic heterocycles. The van der Waals surface area contributed by atoms with Crippen LogP contribution in [0.1, 0.15) is 42.9 Å². The van der Waals surface area contributed by atoms with Crippen LogP contribution in [0.2, 0.25) is 0 Å². The molecule has 0 aliphatic heterocycles. The molecule has 1 aliphatic carbocycles. The van der Waals surface area contributed by atoms with Crippen molar-refractivity contribution in [3.63, 3.8) is 0 Å². The van der Waals surface area contributed by atoms with E-state index < -0.39 is 0 Å². The Morgan fingerprint density at radius 1 is 1.20 bits per heavy atom. The number of hydrogen-bond acceptors (Lipinski definition) is 2. The molecule has 3 heteroatoms. The quantitative estimate of drug-likeness (QED) is 0.923. The molecule has 1 amide bonds. The first-order chi connectivity index (χ1) is 9.62. The van der Waals surface area contributed by atoms with Crippen molar-refractivity contribution in [3.05, 3.63) is 59.5 Å². The molecule has 1 saturated carbocycles. The Labute approximate surface area is 119 Å². The zero-order chi connectivity index (χ0) is 14.2. The van der Waals surface area contributed by atoms with Crippen molar-refractivity contribution >= 4 is 5.91 Å². The summed E-state index contributed by atoms with van der Waals surface area (Å²) in [5, 5.41) is 3.08. The van der Waals surface area contributed by atoms with Gasteiger partial charge >= 0.3 is 0 Å². The molecule has 1 aliphatic rings. The molecule has 1 N–H and O–H groups in total. The molecule has 1 unspecified atom stereocenters. The van der Waals surface area contributed by atoms with Gasteiger partial charge in [0.25, 0.3) is 0 Å². The van der Waals surface area contributed by atoms with Crippen LogP contribution >= 0.6 is 0 Å². The smallest absolute Gasteiger partial charge is 0.231 e. The van der Waals surface area contributed by atoms with Gasteiger partial charge in [0.15, 0.2) is 0 Å². The lowest BCUT2D eigenvalue weighted by Crippen LogP contribution is -2.36. The normalized spacial score (nSPS) is 17.5. The van der Waals surface area contributed by atoms with Gasteiger partial charge in [-0.05, 0) is 44.4 Å². The van der Waals surface area contributed by atoms with Gasteiger partial charge in [-0.2, -0.15) is 0 Å². The lowest BCUT2D eigenvalue weighted by molar-refractivity contribution is -0.124. The lowest BCUT2D eigenvalue weighted by atomic mass is 9.94. The summed E-state index contributed by atoms with van der Waals surface area (Å²) in [5.41, 5.74) is 0.789. The van der Waals surface area contributed by atoms with Gasteiger partial charge in [0.2, 0.25) is 5.91 Å². The molecule has 3 rings (SSSR count). The number of carbonyl (C=O) groups is 1. The van der Waals surface area contributed by atoms with E-state index in [1.165, 1.54) is 0 Å². The fourth-order valence-corrected chi connectivity index (χ4v) is 2.62. The van der Waals surface area contributed by atoms with E-state index in [9.17, 15) is 4.79 Å². The molecule has 1 aromatic carbocycles. The highest BCUT2D eigenvalue weighted by molar-refractivity contribution is 5.91. The van der Waals surface area contributed by atoms with Crippen molar-refractivity contribution < 1.29 is 9.21 Å². The Morgan fingerprint density at radius 3 is 2.45 bits per heavy atom. The number of rotatable bonds is 4. The third-order valence-corrected chi connectivity index (χ3v) is 4.05. The Kier molecular flexibility index (Phi) is 3.13. The molecule has 0 saturated heterocycles. The number of aryl methyl sites for hydroxylation is 1. The first-order valence-electron chi connectivity index (χ1n) is 7.05. The molecular weight excluding hydrogens is 250 g/mol. The maximum Gasteiger partial charge on any atom is 0.231 e. The van der Waals surface area contributed by atoms with E-state index in [1.54, 1.807) is 0 Å². The van der Waals surface area contributed by atoms with Crippen LogP contribution in [0.3, 0.4) is 0 Å². The van der Waals surface area contributed by atoms with Crippen molar-refractivity contribution in [2.24, 2.45) is 0 Å². The highest BCUT2D eigenvalue weighted by Gasteiger charge is 2.51. The fourth-order valence-electron chi connectivity index (χ4n) is 2.62. The minimum absolute atomic E-state index is 0.0996. The second kappa shape index (κ2) is 4.82. The molecule has 1 fully saturated rings. The van der Waals surface area contributed by atoms with Crippen LogP contribution in [0.5, 0.6) is 0 Å². The summed E-state index contributed by atoms with van der Waals surface area (Å²) >= 11 is 0. The molecule has 1 atom stereocenters. The summed E-state index contributed by atoms with van der Waals surface area (Å²) in [4.78, 5) is 12.6.